The second-order valence-corrected chi connectivity index (χ2v) is 9.63. The molecule has 8 nitrogen and oxygen atoms in total. The third kappa shape index (κ3) is 3.86. The fourth-order valence-electron chi connectivity index (χ4n) is 3.04. The lowest BCUT2D eigenvalue weighted by molar-refractivity contribution is 0.102. The fraction of sp³-hybridized carbons (Fsp3) is 0.222. The molecule has 1 saturated heterocycles. The highest BCUT2D eigenvalue weighted by molar-refractivity contribution is 8.01. The first-order valence-electron chi connectivity index (χ1n) is 8.80. The maximum absolute atomic E-state index is 13.0. The molecule has 4 heterocycles. The molecule has 1 aliphatic heterocycles. The summed E-state index contributed by atoms with van der Waals surface area (Å²) in [5.41, 5.74) is 4.71. The van der Waals surface area contributed by atoms with Crippen LogP contribution in [0, 0.1) is 0 Å². The second kappa shape index (κ2) is 8.11. The molecule has 0 spiro atoms. The lowest BCUT2D eigenvalue weighted by Gasteiger charge is -2.08. The first-order valence-corrected chi connectivity index (χ1v) is 11.4. The summed E-state index contributed by atoms with van der Waals surface area (Å²) < 4.78 is 7.21. The van der Waals surface area contributed by atoms with E-state index in [-0.39, 0.29) is 5.91 Å². The Kier molecular flexibility index (Phi) is 5.19. The SMILES string of the molecule is O=C(Nc1nnc(SC2CCOC2)s1)c1cnncc1-c1cccc2ncsc12. The van der Waals surface area contributed by atoms with E-state index in [4.69, 9.17) is 4.74 Å². The van der Waals surface area contributed by atoms with Crippen molar-refractivity contribution in [2.24, 2.45) is 0 Å². The molecule has 146 valence electrons. The third-order valence-corrected chi connectivity index (χ3v) is 7.44. The minimum Gasteiger partial charge on any atom is -0.380 e. The lowest BCUT2D eigenvalue weighted by Crippen LogP contribution is -2.14. The van der Waals surface area contributed by atoms with E-state index in [1.165, 1.54) is 28.9 Å². The molecule has 1 atom stereocenters. The first kappa shape index (κ1) is 18.6. The summed E-state index contributed by atoms with van der Waals surface area (Å²) >= 11 is 4.52. The highest BCUT2D eigenvalue weighted by Crippen LogP contribution is 2.34. The molecule has 0 radical (unpaired) electrons. The van der Waals surface area contributed by atoms with Crippen molar-refractivity contribution in [1.29, 1.82) is 0 Å². The van der Waals surface area contributed by atoms with Crippen molar-refractivity contribution in [2.75, 3.05) is 18.5 Å². The van der Waals surface area contributed by atoms with Crippen LogP contribution in [0.2, 0.25) is 0 Å². The van der Waals surface area contributed by atoms with Gasteiger partial charge in [-0.2, -0.15) is 10.2 Å². The number of aromatic nitrogens is 5. The molecule has 29 heavy (non-hydrogen) atoms. The number of carbonyl (C=O) groups is 1. The van der Waals surface area contributed by atoms with Crippen molar-refractivity contribution in [3.05, 3.63) is 41.7 Å². The van der Waals surface area contributed by atoms with E-state index < -0.39 is 0 Å². The van der Waals surface area contributed by atoms with Gasteiger partial charge in [0.15, 0.2) is 4.34 Å². The van der Waals surface area contributed by atoms with Crippen LogP contribution in [0.15, 0.2) is 40.4 Å². The molecule has 0 bridgehead atoms. The van der Waals surface area contributed by atoms with Gasteiger partial charge in [0.05, 0.1) is 40.3 Å². The van der Waals surface area contributed by atoms with Crippen molar-refractivity contribution in [3.8, 4) is 11.1 Å². The van der Waals surface area contributed by atoms with Gasteiger partial charge in [-0.1, -0.05) is 35.2 Å². The van der Waals surface area contributed by atoms with Crippen LogP contribution in [0.3, 0.4) is 0 Å². The molecule has 3 aromatic heterocycles. The Morgan fingerprint density at radius 1 is 1.21 bits per heavy atom. The van der Waals surface area contributed by atoms with Crippen LogP contribution >= 0.6 is 34.4 Å². The molecule has 1 aromatic carbocycles. The van der Waals surface area contributed by atoms with E-state index in [0.717, 1.165) is 39.8 Å². The molecule has 1 aliphatic rings. The summed E-state index contributed by atoms with van der Waals surface area (Å²) in [5, 5.41) is 19.8. The summed E-state index contributed by atoms with van der Waals surface area (Å²) in [5.74, 6) is -0.298. The monoisotopic (exact) mass is 442 g/mol. The van der Waals surface area contributed by atoms with Gasteiger partial charge in [0.2, 0.25) is 5.13 Å². The Bertz CT molecular complexity index is 1170. The van der Waals surface area contributed by atoms with Crippen molar-refractivity contribution < 1.29 is 9.53 Å². The van der Waals surface area contributed by atoms with Crippen LogP contribution in [0.5, 0.6) is 0 Å². The quantitative estimate of drug-likeness (QED) is 0.466. The second-order valence-electron chi connectivity index (χ2n) is 6.25. The van der Waals surface area contributed by atoms with E-state index in [1.54, 1.807) is 23.5 Å². The Morgan fingerprint density at radius 2 is 2.14 bits per heavy atom. The normalized spacial score (nSPS) is 16.3. The number of thiazole rings is 1. The molecule has 0 saturated carbocycles. The van der Waals surface area contributed by atoms with Crippen LogP contribution in [0.4, 0.5) is 5.13 Å². The fourth-order valence-corrected chi connectivity index (χ4v) is 5.92. The van der Waals surface area contributed by atoms with Crippen LogP contribution in [-0.2, 0) is 4.74 Å². The Hall–Kier alpha value is -2.47. The zero-order valence-electron chi connectivity index (χ0n) is 14.9. The van der Waals surface area contributed by atoms with Crippen LogP contribution < -0.4 is 5.32 Å². The van der Waals surface area contributed by atoms with Gasteiger partial charge in [-0.05, 0) is 12.5 Å². The van der Waals surface area contributed by atoms with Gasteiger partial charge in [-0.25, -0.2) is 4.98 Å². The smallest absolute Gasteiger partial charge is 0.259 e. The van der Waals surface area contributed by atoms with Gasteiger partial charge in [0.1, 0.15) is 0 Å². The minimum absolute atomic E-state index is 0.298. The Balaban J connectivity index is 1.40. The van der Waals surface area contributed by atoms with E-state index >= 15 is 0 Å². The summed E-state index contributed by atoms with van der Waals surface area (Å²) in [4.78, 5) is 17.3. The molecular weight excluding hydrogens is 428 g/mol. The minimum atomic E-state index is -0.298. The maximum Gasteiger partial charge on any atom is 0.259 e. The maximum atomic E-state index is 13.0. The van der Waals surface area contributed by atoms with Crippen LogP contribution in [0.25, 0.3) is 21.3 Å². The first-order chi connectivity index (χ1) is 14.3. The number of rotatable bonds is 5. The summed E-state index contributed by atoms with van der Waals surface area (Å²) in [6.45, 7) is 1.51. The molecular formula is C18H14N6O2S3. The molecule has 4 aromatic rings. The molecule has 1 fully saturated rings. The Morgan fingerprint density at radius 3 is 3.03 bits per heavy atom. The zero-order chi connectivity index (χ0) is 19.6. The molecule has 5 rings (SSSR count). The number of fused-ring (bicyclic) bond motifs is 1. The molecule has 1 amide bonds. The number of nitrogens with zero attached hydrogens (tertiary/aromatic N) is 5. The van der Waals surface area contributed by atoms with Gasteiger partial charge in [-0.3, -0.25) is 10.1 Å². The predicted molar refractivity (Wildman–Crippen MR) is 114 cm³/mol. The van der Waals surface area contributed by atoms with Crippen LogP contribution in [-0.4, -0.2) is 49.7 Å². The number of hydrogen-bond acceptors (Lipinski definition) is 10. The standard InChI is InChI=1S/C18H14N6O2S3/c25-16(22-17-23-24-18(29-17)28-10-4-5-26-8-10)13-7-21-20-6-12(13)11-2-1-3-14-15(11)27-9-19-14/h1-3,6-7,9-10H,4-5,8H2,(H,22,23,25). The Labute approximate surface area is 177 Å². The zero-order valence-corrected chi connectivity index (χ0v) is 17.4. The number of nitrogens with one attached hydrogen (secondary N) is 1. The number of benzene rings is 1. The topological polar surface area (TPSA) is 103 Å². The van der Waals surface area contributed by atoms with Gasteiger partial charge >= 0.3 is 0 Å². The highest BCUT2D eigenvalue weighted by Gasteiger charge is 2.21. The van der Waals surface area contributed by atoms with Gasteiger partial charge < -0.3 is 4.74 Å². The average Bonchev–Trinajstić information content (AvgIpc) is 3.50. The summed E-state index contributed by atoms with van der Waals surface area (Å²) in [7, 11) is 0. The average molecular weight is 443 g/mol. The van der Waals surface area contributed by atoms with E-state index in [0.29, 0.717) is 21.5 Å². The van der Waals surface area contributed by atoms with Gasteiger partial charge in [-0.15, -0.1) is 21.5 Å². The highest BCUT2D eigenvalue weighted by atomic mass is 32.2. The summed E-state index contributed by atoms with van der Waals surface area (Å²) in [6, 6.07) is 5.82. The number of amides is 1. The third-order valence-electron chi connectivity index (χ3n) is 4.40. The van der Waals surface area contributed by atoms with Crippen molar-refractivity contribution in [1.82, 2.24) is 25.4 Å². The van der Waals surface area contributed by atoms with Gasteiger partial charge in [0, 0.05) is 23.0 Å². The summed E-state index contributed by atoms with van der Waals surface area (Å²) in [6.07, 6.45) is 4.07. The number of hydrogen-bond donors (Lipinski definition) is 1. The molecule has 0 aliphatic carbocycles. The molecule has 1 unspecified atom stereocenters. The number of anilines is 1. The molecule has 11 heteroatoms. The van der Waals surface area contributed by atoms with Crippen molar-refractivity contribution in [3.63, 3.8) is 0 Å². The van der Waals surface area contributed by atoms with E-state index in [1.807, 2.05) is 18.2 Å². The van der Waals surface area contributed by atoms with Crippen molar-refractivity contribution >= 4 is 55.7 Å². The molecule has 1 N–H and O–H groups in total. The lowest BCUT2D eigenvalue weighted by atomic mass is 10.0. The number of carbonyl (C=O) groups excluding carboxylic acids is 1. The van der Waals surface area contributed by atoms with Gasteiger partial charge in [0.25, 0.3) is 5.91 Å². The predicted octanol–water partition coefficient (Wildman–Crippen LogP) is 3.74. The van der Waals surface area contributed by atoms with E-state index in [9.17, 15) is 4.79 Å². The largest absolute Gasteiger partial charge is 0.380 e. The van der Waals surface area contributed by atoms with Crippen LogP contribution in [0.1, 0.15) is 16.8 Å². The number of thioether (sulfide) groups is 1. The van der Waals surface area contributed by atoms with Crippen molar-refractivity contribution in [2.45, 2.75) is 16.0 Å². The van der Waals surface area contributed by atoms with E-state index in [2.05, 4.69) is 30.7 Å². The number of ether oxygens (including phenoxy) is 1.